The lowest BCUT2D eigenvalue weighted by Crippen LogP contribution is -2.14. The minimum absolute atomic E-state index is 0.301. The molecule has 0 bridgehead atoms. The van der Waals surface area contributed by atoms with Gasteiger partial charge in [-0.2, -0.15) is 5.26 Å². The van der Waals surface area contributed by atoms with E-state index < -0.39 is 0 Å². The Morgan fingerprint density at radius 3 is 3.07 bits per heavy atom. The predicted octanol–water partition coefficient (Wildman–Crippen LogP) is 2.14. The number of rotatable bonds is 0. The van der Waals surface area contributed by atoms with E-state index in [9.17, 15) is 5.26 Å². The number of hydrogen-bond donors (Lipinski definition) is 0. The number of ether oxygens (including phenoxy) is 2. The summed E-state index contributed by atoms with van der Waals surface area (Å²) in [4.78, 5) is 0. The van der Waals surface area contributed by atoms with Crippen LogP contribution in [0.15, 0.2) is 12.1 Å². The van der Waals surface area contributed by atoms with E-state index in [1.54, 1.807) is 0 Å². The van der Waals surface area contributed by atoms with Gasteiger partial charge in [-0.25, -0.2) is 0 Å². The highest BCUT2D eigenvalue weighted by Crippen LogP contribution is 2.47. The Bertz CT molecular complexity index is 475. The van der Waals surface area contributed by atoms with Crippen LogP contribution in [0, 0.1) is 11.3 Å². The van der Waals surface area contributed by atoms with Crippen molar-refractivity contribution in [2.24, 2.45) is 0 Å². The molecule has 1 heterocycles. The van der Waals surface area contributed by atoms with Crippen molar-refractivity contribution < 1.29 is 9.47 Å². The van der Waals surface area contributed by atoms with Gasteiger partial charge in [0.1, 0.15) is 0 Å². The summed E-state index contributed by atoms with van der Waals surface area (Å²) in [6, 6.07) is 6.30. The van der Waals surface area contributed by atoms with E-state index in [2.05, 4.69) is 6.07 Å². The molecule has 1 aromatic carbocycles. The molecule has 1 aliphatic carbocycles. The van der Waals surface area contributed by atoms with E-state index in [1.807, 2.05) is 19.1 Å². The molecule has 3 rings (SSSR count). The van der Waals surface area contributed by atoms with E-state index in [0.717, 1.165) is 35.5 Å². The Morgan fingerprint density at radius 2 is 2.27 bits per heavy atom. The molecule has 1 aromatic rings. The first-order valence-electron chi connectivity index (χ1n) is 5.08. The molecule has 2 aliphatic rings. The number of fused-ring (bicyclic) bond motifs is 3. The summed E-state index contributed by atoms with van der Waals surface area (Å²) < 4.78 is 10.8. The fourth-order valence-electron chi connectivity index (χ4n) is 2.42. The third-order valence-corrected chi connectivity index (χ3v) is 3.36. The van der Waals surface area contributed by atoms with E-state index in [1.165, 1.54) is 0 Å². The number of nitrogens with zero attached hydrogens (tertiary/aromatic N) is 1. The SMILES string of the molecule is CC1(C#N)CCc2c1ccc1c2OCO1. The zero-order valence-corrected chi connectivity index (χ0v) is 8.54. The van der Waals surface area contributed by atoms with Crippen molar-refractivity contribution in [3.8, 4) is 17.6 Å². The summed E-state index contributed by atoms with van der Waals surface area (Å²) in [5.74, 6) is 1.67. The van der Waals surface area contributed by atoms with Crippen LogP contribution in [0.3, 0.4) is 0 Å². The largest absolute Gasteiger partial charge is 0.454 e. The van der Waals surface area contributed by atoms with Crippen molar-refractivity contribution in [1.29, 1.82) is 5.26 Å². The van der Waals surface area contributed by atoms with Crippen LogP contribution in [0.5, 0.6) is 11.5 Å². The van der Waals surface area contributed by atoms with Gasteiger partial charge in [-0.15, -0.1) is 0 Å². The van der Waals surface area contributed by atoms with Gasteiger partial charge in [0.15, 0.2) is 11.5 Å². The molecule has 0 radical (unpaired) electrons. The Hall–Kier alpha value is -1.69. The van der Waals surface area contributed by atoms with Gasteiger partial charge in [-0.1, -0.05) is 6.07 Å². The van der Waals surface area contributed by atoms with Gasteiger partial charge < -0.3 is 9.47 Å². The van der Waals surface area contributed by atoms with E-state index >= 15 is 0 Å². The first-order chi connectivity index (χ1) is 7.24. The molecule has 0 aromatic heterocycles. The maximum atomic E-state index is 9.20. The van der Waals surface area contributed by atoms with Crippen LogP contribution in [0.4, 0.5) is 0 Å². The third kappa shape index (κ3) is 0.992. The number of benzene rings is 1. The topological polar surface area (TPSA) is 42.2 Å². The van der Waals surface area contributed by atoms with Crippen LogP contribution in [0.1, 0.15) is 24.5 Å². The lowest BCUT2D eigenvalue weighted by atomic mass is 9.86. The number of hydrogen-bond acceptors (Lipinski definition) is 3. The van der Waals surface area contributed by atoms with Gasteiger partial charge in [-0.3, -0.25) is 0 Å². The molecule has 0 fully saturated rings. The molecule has 0 saturated heterocycles. The molecule has 15 heavy (non-hydrogen) atoms. The normalized spacial score (nSPS) is 26.1. The van der Waals surface area contributed by atoms with E-state index in [4.69, 9.17) is 9.47 Å². The lowest BCUT2D eigenvalue weighted by Gasteiger charge is -2.15. The van der Waals surface area contributed by atoms with Gasteiger partial charge in [0.25, 0.3) is 0 Å². The van der Waals surface area contributed by atoms with Crippen LogP contribution < -0.4 is 9.47 Å². The molecule has 0 N–H and O–H groups in total. The van der Waals surface area contributed by atoms with Gasteiger partial charge >= 0.3 is 0 Å². The van der Waals surface area contributed by atoms with E-state index in [-0.39, 0.29) is 5.41 Å². The molecular formula is C12H11NO2. The standard InChI is InChI=1S/C12H11NO2/c1-12(6-13)5-4-8-9(12)2-3-10-11(8)15-7-14-10/h2-3H,4-5,7H2,1H3. The fourth-order valence-corrected chi connectivity index (χ4v) is 2.42. The Balaban J connectivity index is 2.22. The highest BCUT2D eigenvalue weighted by molar-refractivity contribution is 5.57. The van der Waals surface area contributed by atoms with Crippen LogP contribution in [-0.2, 0) is 11.8 Å². The summed E-state index contributed by atoms with van der Waals surface area (Å²) >= 11 is 0. The molecule has 1 atom stereocenters. The Labute approximate surface area is 88.2 Å². The molecule has 0 amide bonds. The second-order valence-electron chi connectivity index (χ2n) is 4.27. The molecule has 0 spiro atoms. The monoisotopic (exact) mass is 201 g/mol. The molecular weight excluding hydrogens is 190 g/mol. The minimum Gasteiger partial charge on any atom is -0.454 e. The molecule has 3 nitrogen and oxygen atoms in total. The van der Waals surface area contributed by atoms with Crippen molar-refractivity contribution in [3.63, 3.8) is 0 Å². The maximum absolute atomic E-state index is 9.20. The summed E-state index contributed by atoms with van der Waals surface area (Å²) in [5.41, 5.74) is 1.92. The van der Waals surface area contributed by atoms with Gasteiger partial charge in [0.05, 0.1) is 11.5 Å². The second kappa shape index (κ2) is 2.66. The first-order valence-corrected chi connectivity index (χ1v) is 5.08. The second-order valence-corrected chi connectivity index (χ2v) is 4.27. The first kappa shape index (κ1) is 8.60. The van der Waals surface area contributed by atoms with Crippen molar-refractivity contribution in [2.75, 3.05) is 6.79 Å². The lowest BCUT2D eigenvalue weighted by molar-refractivity contribution is 0.173. The van der Waals surface area contributed by atoms with Crippen LogP contribution in [0.2, 0.25) is 0 Å². The van der Waals surface area contributed by atoms with Gasteiger partial charge in [0.2, 0.25) is 6.79 Å². The highest BCUT2D eigenvalue weighted by Gasteiger charge is 2.38. The molecule has 1 unspecified atom stereocenters. The highest BCUT2D eigenvalue weighted by atomic mass is 16.7. The molecule has 0 saturated carbocycles. The van der Waals surface area contributed by atoms with Crippen LogP contribution in [-0.4, -0.2) is 6.79 Å². The zero-order chi connectivity index (χ0) is 10.5. The summed E-state index contributed by atoms with van der Waals surface area (Å²) in [6.45, 7) is 2.29. The predicted molar refractivity (Wildman–Crippen MR) is 53.9 cm³/mol. The molecule has 76 valence electrons. The van der Waals surface area contributed by atoms with Crippen molar-refractivity contribution in [3.05, 3.63) is 23.3 Å². The van der Waals surface area contributed by atoms with Crippen molar-refractivity contribution in [2.45, 2.75) is 25.2 Å². The Kier molecular flexibility index (Phi) is 1.53. The summed E-state index contributed by atoms with van der Waals surface area (Å²) in [7, 11) is 0. The third-order valence-electron chi connectivity index (χ3n) is 3.36. The average Bonchev–Trinajstić information content (AvgIpc) is 2.83. The minimum atomic E-state index is -0.351. The Morgan fingerprint density at radius 1 is 1.40 bits per heavy atom. The van der Waals surface area contributed by atoms with Crippen molar-refractivity contribution >= 4 is 0 Å². The van der Waals surface area contributed by atoms with Crippen LogP contribution >= 0.6 is 0 Å². The smallest absolute Gasteiger partial charge is 0.231 e. The zero-order valence-electron chi connectivity index (χ0n) is 8.54. The van der Waals surface area contributed by atoms with Crippen molar-refractivity contribution in [1.82, 2.24) is 0 Å². The van der Waals surface area contributed by atoms with E-state index in [0.29, 0.717) is 6.79 Å². The average molecular weight is 201 g/mol. The summed E-state index contributed by atoms with van der Waals surface area (Å²) in [6.07, 6.45) is 1.78. The van der Waals surface area contributed by atoms with Crippen LogP contribution in [0.25, 0.3) is 0 Å². The fraction of sp³-hybridized carbons (Fsp3) is 0.417. The molecule has 3 heteroatoms. The maximum Gasteiger partial charge on any atom is 0.231 e. The summed E-state index contributed by atoms with van der Waals surface area (Å²) in [5, 5.41) is 9.20. The molecule has 1 aliphatic heterocycles. The quantitative estimate of drug-likeness (QED) is 0.645. The van der Waals surface area contributed by atoms with Gasteiger partial charge in [-0.05, 0) is 31.4 Å². The van der Waals surface area contributed by atoms with Gasteiger partial charge in [0, 0.05) is 5.56 Å². The number of nitriles is 1.